The standard InChI is InChI=1S/C48H95NO5/c1-5-9-12-15-18-25-32-40-48(38-8-4,39-31-24-17-14-11-7-3)54-47(52)37-30-23-21-27-34-42-49(43-44-50)41-33-26-20-22-29-36-46(51)53-45-35-28-19-16-13-10-6-2/h50H,5-45H2,1-4H3. The van der Waals surface area contributed by atoms with Gasteiger partial charge in [0, 0.05) is 19.4 Å². The van der Waals surface area contributed by atoms with Crippen molar-refractivity contribution in [1.29, 1.82) is 0 Å². The van der Waals surface area contributed by atoms with E-state index in [9.17, 15) is 14.7 Å². The zero-order valence-corrected chi connectivity index (χ0v) is 37.0. The Morgan fingerprint density at radius 3 is 1.26 bits per heavy atom. The third-order valence-electron chi connectivity index (χ3n) is 11.4. The van der Waals surface area contributed by atoms with Gasteiger partial charge in [0.1, 0.15) is 5.60 Å². The van der Waals surface area contributed by atoms with Crippen LogP contribution in [0.15, 0.2) is 0 Å². The molecular formula is C48H95NO5. The molecule has 1 unspecified atom stereocenters. The van der Waals surface area contributed by atoms with E-state index in [0.29, 0.717) is 19.4 Å². The molecule has 0 fully saturated rings. The summed E-state index contributed by atoms with van der Waals surface area (Å²) in [6.45, 7) is 12.6. The first-order valence-electron chi connectivity index (χ1n) is 24.2. The van der Waals surface area contributed by atoms with Crippen molar-refractivity contribution in [2.75, 3.05) is 32.8 Å². The largest absolute Gasteiger partial charge is 0.466 e. The van der Waals surface area contributed by atoms with Crippen LogP contribution in [0.3, 0.4) is 0 Å². The first kappa shape index (κ1) is 52.9. The minimum absolute atomic E-state index is 0.0306. The van der Waals surface area contributed by atoms with Crippen molar-refractivity contribution in [3.63, 3.8) is 0 Å². The summed E-state index contributed by atoms with van der Waals surface area (Å²) < 4.78 is 11.9. The molecule has 6 heteroatoms. The predicted octanol–water partition coefficient (Wildman–Crippen LogP) is 14.2. The summed E-state index contributed by atoms with van der Waals surface area (Å²) in [7, 11) is 0. The highest BCUT2D eigenvalue weighted by Crippen LogP contribution is 2.33. The average Bonchev–Trinajstić information content (AvgIpc) is 3.16. The van der Waals surface area contributed by atoms with Gasteiger partial charge in [0.25, 0.3) is 0 Å². The van der Waals surface area contributed by atoms with Crippen LogP contribution in [-0.4, -0.2) is 60.4 Å². The SMILES string of the molecule is CCCCCCCCCOC(=O)CCCCCCCN(CCO)CCCCCCCC(=O)OC(CCC)(CCCCCCCC)CCCCCCCCC. The van der Waals surface area contributed by atoms with Crippen LogP contribution in [0.2, 0.25) is 0 Å². The van der Waals surface area contributed by atoms with Crippen LogP contribution in [0.1, 0.15) is 259 Å². The molecule has 0 radical (unpaired) electrons. The van der Waals surface area contributed by atoms with Crippen molar-refractivity contribution in [2.24, 2.45) is 0 Å². The van der Waals surface area contributed by atoms with E-state index in [2.05, 4.69) is 32.6 Å². The zero-order valence-electron chi connectivity index (χ0n) is 37.0. The third-order valence-corrected chi connectivity index (χ3v) is 11.4. The smallest absolute Gasteiger partial charge is 0.306 e. The number of hydrogen-bond acceptors (Lipinski definition) is 6. The van der Waals surface area contributed by atoms with Gasteiger partial charge in [-0.3, -0.25) is 9.59 Å². The molecule has 0 aromatic carbocycles. The minimum Gasteiger partial charge on any atom is -0.466 e. The number of unbranched alkanes of at least 4 members (excludes halogenated alkanes) is 25. The molecule has 0 aliphatic rings. The number of esters is 2. The molecule has 0 aliphatic heterocycles. The van der Waals surface area contributed by atoms with E-state index in [1.807, 2.05) is 0 Å². The Balaban J connectivity index is 4.25. The van der Waals surface area contributed by atoms with Crippen molar-refractivity contribution >= 4 is 11.9 Å². The van der Waals surface area contributed by atoms with Crippen LogP contribution in [0, 0.1) is 0 Å². The molecule has 54 heavy (non-hydrogen) atoms. The number of carbonyl (C=O) groups is 2. The molecule has 322 valence electrons. The van der Waals surface area contributed by atoms with E-state index in [1.54, 1.807) is 0 Å². The number of hydrogen-bond donors (Lipinski definition) is 1. The Morgan fingerprint density at radius 1 is 0.426 bits per heavy atom. The van der Waals surface area contributed by atoms with Crippen molar-refractivity contribution in [2.45, 2.75) is 264 Å². The van der Waals surface area contributed by atoms with Crippen LogP contribution >= 0.6 is 0 Å². The molecule has 0 heterocycles. The number of ether oxygens (including phenoxy) is 2. The van der Waals surface area contributed by atoms with E-state index in [-0.39, 0.29) is 24.1 Å². The van der Waals surface area contributed by atoms with Gasteiger partial charge in [0.2, 0.25) is 0 Å². The predicted molar refractivity (Wildman–Crippen MR) is 232 cm³/mol. The summed E-state index contributed by atoms with van der Waals surface area (Å²) >= 11 is 0. The van der Waals surface area contributed by atoms with Crippen LogP contribution < -0.4 is 0 Å². The first-order valence-corrected chi connectivity index (χ1v) is 24.2. The molecule has 1 atom stereocenters. The lowest BCUT2D eigenvalue weighted by Crippen LogP contribution is -2.35. The summed E-state index contributed by atoms with van der Waals surface area (Å²) in [5.41, 5.74) is -0.253. The van der Waals surface area contributed by atoms with Gasteiger partial charge in [-0.2, -0.15) is 0 Å². The molecular weight excluding hydrogens is 671 g/mol. The van der Waals surface area contributed by atoms with Gasteiger partial charge < -0.3 is 19.5 Å². The number of aliphatic hydroxyl groups excluding tert-OH is 1. The Labute approximate surface area is 337 Å². The second-order valence-corrected chi connectivity index (χ2v) is 16.7. The van der Waals surface area contributed by atoms with Gasteiger partial charge in [-0.25, -0.2) is 0 Å². The molecule has 6 nitrogen and oxygen atoms in total. The van der Waals surface area contributed by atoms with E-state index in [4.69, 9.17) is 9.47 Å². The monoisotopic (exact) mass is 766 g/mol. The highest BCUT2D eigenvalue weighted by molar-refractivity contribution is 5.70. The summed E-state index contributed by atoms with van der Waals surface area (Å²) in [5.74, 6) is 0.00200. The second-order valence-electron chi connectivity index (χ2n) is 16.7. The minimum atomic E-state index is -0.253. The van der Waals surface area contributed by atoms with Crippen molar-refractivity contribution in [1.82, 2.24) is 4.90 Å². The van der Waals surface area contributed by atoms with E-state index >= 15 is 0 Å². The van der Waals surface area contributed by atoms with Crippen molar-refractivity contribution < 1.29 is 24.2 Å². The van der Waals surface area contributed by atoms with Crippen LogP contribution in [0.4, 0.5) is 0 Å². The first-order chi connectivity index (χ1) is 26.5. The maximum Gasteiger partial charge on any atom is 0.306 e. The Morgan fingerprint density at radius 2 is 0.815 bits per heavy atom. The molecule has 0 aromatic rings. The molecule has 0 amide bonds. The van der Waals surface area contributed by atoms with Crippen LogP contribution in [0.5, 0.6) is 0 Å². The van der Waals surface area contributed by atoms with Crippen LogP contribution in [-0.2, 0) is 19.1 Å². The highest BCUT2D eigenvalue weighted by Gasteiger charge is 2.32. The highest BCUT2D eigenvalue weighted by atomic mass is 16.6. The average molecular weight is 766 g/mol. The summed E-state index contributed by atoms with van der Waals surface area (Å²) in [5, 5.41) is 9.60. The fraction of sp³-hybridized carbons (Fsp3) is 0.958. The maximum absolute atomic E-state index is 13.2. The molecule has 0 aliphatic carbocycles. The van der Waals surface area contributed by atoms with Crippen molar-refractivity contribution in [3.8, 4) is 0 Å². The van der Waals surface area contributed by atoms with Gasteiger partial charge in [0.15, 0.2) is 0 Å². The van der Waals surface area contributed by atoms with Gasteiger partial charge >= 0.3 is 11.9 Å². The quantitative estimate of drug-likeness (QED) is 0.0492. The summed E-state index contributed by atoms with van der Waals surface area (Å²) in [6.07, 6.45) is 41.6. The second kappa shape index (κ2) is 41.5. The fourth-order valence-electron chi connectivity index (χ4n) is 7.97. The Kier molecular flexibility index (Phi) is 40.6. The number of rotatable bonds is 44. The lowest BCUT2D eigenvalue weighted by atomic mass is 9.85. The number of aliphatic hydroxyl groups is 1. The molecule has 0 saturated heterocycles. The van der Waals surface area contributed by atoms with Gasteiger partial charge in [-0.1, -0.05) is 182 Å². The molecule has 1 N–H and O–H groups in total. The normalized spacial score (nSPS) is 12.7. The van der Waals surface area contributed by atoms with E-state index in [1.165, 1.54) is 135 Å². The third kappa shape index (κ3) is 35.3. The number of carbonyl (C=O) groups excluding carboxylic acids is 2. The van der Waals surface area contributed by atoms with Crippen LogP contribution in [0.25, 0.3) is 0 Å². The molecule has 0 bridgehead atoms. The molecule has 0 saturated carbocycles. The lowest BCUT2D eigenvalue weighted by Gasteiger charge is -2.34. The molecule has 0 rings (SSSR count). The zero-order chi connectivity index (χ0) is 39.6. The molecule has 0 aromatic heterocycles. The topological polar surface area (TPSA) is 76.1 Å². The lowest BCUT2D eigenvalue weighted by molar-refractivity contribution is -0.163. The van der Waals surface area contributed by atoms with Gasteiger partial charge in [0.05, 0.1) is 13.2 Å². The maximum atomic E-state index is 13.2. The van der Waals surface area contributed by atoms with E-state index < -0.39 is 0 Å². The van der Waals surface area contributed by atoms with Gasteiger partial charge in [-0.15, -0.1) is 0 Å². The summed E-state index contributed by atoms with van der Waals surface area (Å²) in [6, 6.07) is 0. The van der Waals surface area contributed by atoms with Crippen molar-refractivity contribution in [3.05, 3.63) is 0 Å². The Bertz CT molecular complexity index is 791. The van der Waals surface area contributed by atoms with E-state index in [0.717, 1.165) is 103 Å². The number of nitrogens with zero attached hydrogens (tertiary/aromatic N) is 1. The summed E-state index contributed by atoms with van der Waals surface area (Å²) in [4.78, 5) is 27.6. The molecule has 0 spiro atoms. The van der Waals surface area contributed by atoms with Gasteiger partial charge in [-0.05, 0) is 77.3 Å². The fourth-order valence-corrected chi connectivity index (χ4v) is 7.97. The Hall–Kier alpha value is -1.14.